The van der Waals surface area contributed by atoms with Crippen LogP contribution in [0.4, 0.5) is 0 Å². The Morgan fingerprint density at radius 3 is 2.87 bits per heavy atom. The number of ether oxygens (including phenoxy) is 2. The van der Waals surface area contributed by atoms with Gasteiger partial charge in [0.15, 0.2) is 0 Å². The number of nitrogens with zero attached hydrogens (tertiary/aromatic N) is 2. The highest BCUT2D eigenvalue weighted by Gasteiger charge is 2.30. The number of piperazine rings is 1. The number of hydrogen-bond donors (Lipinski definition) is 0. The lowest BCUT2D eigenvalue weighted by Gasteiger charge is -2.40. The molecule has 1 aromatic rings. The molecule has 0 saturated carbocycles. The number of rotatable bonds is 5. The maximum atomic E-state index is 12.6. The normalized spacial score (nSPS) is 25.7. The van der Waals surface area contributed by atoms with E-state index in [2.05, 4.69) is 24.1 Å². The van der Waals surface area contributed by atoms with Crippen LogP contribution in [0.2, 0.25) is 0 Å². The van der Waals surface area contributed by atoms with Crippen molar-refractivity contribution in [3.05, 3.63) is 35.9 Å². The van der Waals surface area contributed by atoms with E-state index in [4.69, 9.17) is 9.47 Å². The van der Waals surface area contributed by atoms with Crippen molar-refractivity contribution in [2.24, 2.45) is 0 Å². The summed E-state index contributed by atoms with van der Waals surface area (Å²) in [5.74, 6) is 0.0740. The van der Waals surface area contributed by atoms with Gasteiger partial charge in [-0.05, 0) is 25.5 Å². The molecule has 0 spiro atoms. The third-order valence-corrected chi connectivity index (χ3v) is 4.64. The summed E-state index contributed by atoms with van der Waals surface area (Å²) in [4.78, 5) is 16.8. The SMILES string of the molecule is CN1CCN(C(=O)COC[C@H]2CCCO2)[C@@H](c2ccccc2)C1. The third-order valence-electron chi connectivity index (χ3n) is 4.64. The van der Waals surface area contributed by atoms with Gasteiger partial charge in [0.05, 0.1) is 18.8 Å². The molecule has 2 aliphatic heterocycles. The minimum atomic E-state index is 0.0740. The standard InChI is InChI=1S/C18H26N2O3/c1-19-9-10-20(17(12-19)15-6-3-2-4-7-15)18(21)14-22-13-16-8-5-11-23-16/h2-4,6-7,16-17H,5,8-14H2,1H3/t16-,17-/m1/s1. The quantitative estimate of drug-likeness (QED) is 0.829. The molecule has 2 saturated heterocycles. The first kappa shape index (κ1) is 16.4. The lowest BCUT2D eigenvalue weighted by molar-refractivity contribution is -0.142. The number of benzene rings is 1. The second kappa shape index (κ2) is 7.90. The van der Waals surface area contributed by atoms with Crippen molar-refractivity contribution < 1.29 is 14.3 Å². The Morgan fingerprint density at radius 1 is 1.30 bits per heavy atom. The first-order valence-electron chi connectivity index (χ1n) is 8.46. The summed E-state index contributed by atoms with van der Waals surface area (Å²) in [6, 6.07) is 10.4. The number of hydrogen-bond acceptors (Lipinski definition) is 4. The molecule has 2 aliphatic rings. The first-order valence-corrected chi connectivity index (χ1v) is 8.46. The smallest absolute Gasteiger partial charge is 0.249 e. The highest BCUT2D eigenvalue weighted by Crippen LogP contribution is 2.25. The van der Waals surface area contributed by atoms with E-state index < -0.39 is 0 Å². The molecule has 0 unspecified atom stereocenters. The van der Waals surface area contributed by atoms with Crippen molar-refractivity contribution in [2.75, 3.05) is 46.5 Å². The second-order valence-electron chi connectivity index (χ2n) is 6.43. The summed E-state index contributed by atoms with van der Waals surface area (Å²) in [6.45, 7) is 4.00. The van der Waals surface area contributed by atoms with Crippen LogP contribution in [0.5, 0.6) is 0 Å². The van der Waals surface area contributed by atoms with Crippen LogP contribution in [-0.4, -0.2) is 68.3 Å². The van der Waals surface area contributed by atoms with Gasteiger partial charge in [-0.25, -0.2) is 0 Å². The van der Waals surface area contributed by atoms with Gasteiger partial charge < -0.3 is 19.3 Å². The molecular formula is C18H26N2O3. The monoisotopic (exact) mass is 318 g/mol. The molecular weight excluding hydrogens is 292 g/mol. The van der Waals surface area contributed by atoms with Crippen molar-refractivity contribution in [1.29, 1.82) is 0 Å². The average Bonchev–Trinajstić information content (AvgIpc) is 3.09. The maximum absolute atomic E-state index is 12.6. The largest absolute Gasteiger partial charge is 0.376 e. The molecule has 5 heteroatoms. The van der Waals surface area contributed by atoms with E-state index >= 15 is 0 Å². The molecule has 1 aromatic carbocycles. The van der Waals surface area contributed by atoms with E-state index in [1.54, 1.807) is 0 Å². The molecule has 0 N–H and O–H groups in total. The summed E-state index contributed by atoms with van der Waals surface area (Å²) in [7, 11) is 2.10. The van der Waals surface area contributed by atoms with Crippen LogP contribution in [0.1, 0.15) is 24.4 Å². The van der Waals surface area contributed by atoms with Crippen molar-refractivity contribution in [3.63, 3.8) is 0 Å². The van der Waals surface area contributed by atoms with E-state index in [0.29, 0.717) is 6.61 Å². The Bertz CT molecular complexity index is 502. The fraction of sp³-hybridized carbons (Fsp3) is 0.611. The van der Waals surface area contributed by atoms with Crippen LogP contribution in [0, 0.1) is 0 Å². The van der Waals surface area contributed by atoms with Gasteiger partial charge in [0.2, 0.25) is 5.91 Å². The zero-order valence-electron chi connectivity index (χ0n) is 13.8. The molecule has 1 amide bonds. The second-order valence-corrected chi connectivity index (χ2v) is 6.43. The molecule has 2 heterocycles. The van der Waals surface area contributed by atoms with Crippen molar-refractivity contribution >= 4 is 5.91 Å². The third kappa shape index (κ3) is 4.31. The van der Waals surface area contributed by atoms with Crippen molar-refractivity contribution in [3.8, 4) is 0 Å². The van der Waals surface area contributed by atoms with Gasteiger partial charge in [0.25, 0.3) is 0 Å². The molecule has 5 nitrogen and oxygen atoms in total. The molecule has 23 heavy (non-hydrogen) atoms. The molecule has 0 aromatic heterocycles. The lowest BCUT2D eigenvalue weighted by atomic mass is 10.0. The summed E-state index contributed by atoms with van der Waals surface area (Å²) in [5.41, 5.74) is 1.19. The van der Waals surface area contributed by atoms with E-state index in [-0.39, 0.29) is 24.7 Å². The summed E-state index contributed by atoms with van der Waals surface area (Å²) < 4.78 is 11.1. The van der Waals surface area contributed by atoms with Crippen LogP contribution in [0.15, 0.2) is 30.3 Å². The highest BCUT2D eigenvalue weighted by molar-refractivity contribution is 5.78. The Kier molecular flexibility index (Phi) is 5.65. The Hall–Kier alpha value is -1.43. The van der Waals surface area contributed by atoms with E-state index in [0.717, 1.165) is 39.1 Å². The van der Waals surface area contributed by atoms with Gasteiger partial charge in [0, 0.05) is 26.2 Å². The highest BCUT2D eigenvalue weighted by atomic mass is 16.5. The molecule has 0 bridgehead atoms. The van der Waals surface area contributed by atoms with E-state index in [1.807, 2.05) is 23.1 Å². The van der Waals surface area contributed by atoms with E-state index in [9.17, 15) is 4.79 Å². The fourth-order valence-electron chi connectivity index (χ4n) is 3.31. The van der Waals surface area contributed by atoms with Gasteiger partial charge in [-0.15, -0.1) is 0 Å². The van der Waals surface area contributed by atoms with Crippen molar-refractivity contribution in [1.82, 2.24) is 9.80 Å². The van der Waals surface area contributed by atoms with Crippen LogP contribution < -0.4 is 0 Å². The molecule has 126 valence electrons. The van der Waals surface area contributed by atoms with Gasteiger partial charge >= 0.3 is 0 Å². The van der Waals surface area contributed by atoms with Crippen molar-refractivity contribution in [2.45, 2.75) is 25.0 Å². The van der Waals surface area contributed by atoms with Crippen LogP contribution in [0.25, 0.3) is 0 Å². The molecule has 3 rings (SSSR count). The zero-order valence-corrected chi connectivity index (χ0v) is 13.8. The lowest BCUT2D eigenvalue weighted by Crippen LogP contribution is -2.50. The maximum Gasteiger partial charge on any atom is 0.249 e. The first-order chi connectivity index (χ1) is 11.2. The number of carbonyl (C=O) groups excluding carboxylic acids is 1. The summed E-state index contributed by atoms with van der Waals surface area (Å²) in [6.07, 6.45) is 2.30. The molecule has 0 radical (unpaired) electrons. The summed E-state index contributed by atoms with van der Waals surface area (Å²) in [5, 5.41) is 0. The van der Waals surface area contributed by atoms with Crippen LogP contribution in [0.3, 0.4) is 0 Å². The van der Waals surface area contributed by atoms with E-state index in [1.165, 1.54) is 5.56 Å². The number of carbonyl (C=O) groups is 1. The van der Waals surface area contributed by atoms with Gasteiger partial charge in [-0.2, -0.15) is 0 Å². The Labute approximate surface area is 138 Å². The van der Waals surface area contributed by atoms with Crippen LogP contribution in [-0.2, 0) is 14.3 Å². The Morgan fingerprint density at radius 2 is 2.13 bits per heavy atom. The Balaban J connectivity index is 1.57. The molecule has 2 atom stereocenters. The van der Waals surface area contributed by atoms with Gasteiger partial charge in [-0.1, -0.05) is 30.3 Å². The minimum absolute atomic E-state index is 0.0740. The fourth-order valence-corrected chi connectivity index (χ4v) is 3.31. The van der Waals surface area contributed by atoms with Gasteiger partial charge in [-0.3, -0.25) is 4.79 Å². The minimum Gasteiger partial charge on any atom is -0.376 e. The topological polar surface area (TPSA) is 42.0 Å². The number of amides is 1. The predicted octanol–water partition coefficient (Wildman–Crippen LogP) is 1.70. The molecule has 2 fully saturated rings. The van der Waals surface area contributed by atoms with Gasteiger partial charge in [0.1, 0.15) is 6.61 Å². The molecule has 0 aliphatic carbocycles. The van der Waals surface area contributed by atoms with Crippen LogP contribution >= 0.6 is 0 Å². The predicted molar refractivity (Wildman–Crippen MR) is 88.2 cm³/mol. The zero-order chi connectivity index (χ0) is 16.1. The average molecular weight is 318 g/mol. The summed E-state index contributed by atoms with van der Waals surface area (Å²) >= 11 is 0. The number of likely N-dealkylation sites (N-methyl/N-ethyl adjacent to an activating group) is 1.